The van der Waals surface area contributed by atoms with Crippen LogP contribution in [0.2, 0.25) is 0 Å². The van der Waals surface area contributed by atoms with Crippen molar-refractivity contribution in [1.82, 2.24) is 15.1 Å². The van der Waals surface area contributed by atoms with Gasteiger partial charge >= 0.3 is 6.09 Å². The fourth-order valence-corrected chi connectivity index (χ4v) is 1.58. The van der Waals surface area contributed by atoms with Gasteiger partial charge in [-0.15, -0.1) is 0 Å². The van der Waals surface area contributed by atoms with Crippen molar-refractivity contribution in [1.29, 1.82) is 0 Å². The highest BCUT2D eigenvalue weighted by Gasteiger charge is 2.20. The second kappa shape index (κ2) is 7.11. The third kappa shape index (κ3) is 4.60. The predicted molar refractivity (Wildman–Crippen MR) is 63.7 cm³/mol. The number of rotatable bonds is 4. The summed E-state index contributed by atoms with van der Waals surface area (Å²) in [5.74, 6) is -0.0255. The largest absolute Gasteiger partial charge is 0.449 e. The highest BCUT2D eigenvalue weighted by atomic mass is 16.6. The van der Waals surface area contributed by atoms with Crippen molar-refractivity contribution in [2.45, 2.75) is 13.3 Å². The molecular formula is C11H21N3O3. The van der Waals surface area contributed by atoms with Crippen molar-refractivity contribution in [3.8, 4) is 0 Å². The molecule has 0 bridgehead atoms. The van der Waals surface area contributed by atoms with Gasteiger partial charge in [-0.1, -0.05) is 6.92 Å². The van der Waals surface area contributed by atoms with Crippen LogP contribution >= 0.6 is 0 Å². The Kier molecular flexibility index (Phi) is 5.76. The number of ether oxygens (including phenoxy) is 1. The molecule has 0 aromatic carbocycles. The predicted octanol–water partition coefficient (Wildman–Crippen LogP) is -0.103. The molecule has 17 heavy (non-hydrogen) atoms. The van der Waals surface area contributed by atoms with Gasteiger partial charge in [-0.25, -0.2) is 4.79 Å². The third-order valence-electron chi connectivity index (χ3n) is 2.58. The van der Waals surface area contributed by atoms with Gasteiger partial charge in [-0.3, -0.25) is 4.79 Å². The Morgan fingerprint density at radius 3 is 2.59 bits per heavy atom. The molecule has 0 saturated carbocycles. The molecule has 1 rings (SSSR count). The van der Waals surface area contributed by atoms with Gasteiger partial charge in [0.1, 0.15) is 6.54 Å². The molecule has 0 unspecified atom stereocenters. The van der Waals surface area contributed by atoms with Gasteiger partial charge in [0.15, 0.2) is 0 Å². The van der Waals surface area contributed by atoms with Gasteiger partial charge in [-0.2, -0.15) is 0 Å². The van der Waals surface area contributed by atoms with Crippen LogP contribution in [0.15, 0.2) is 0 Å². The molecule has 1 fully saturated rings. The van der Waals surface area contributed by atoms with Crippen molar-refractivity contribution in [3.05, 3.63) is 0 Å². The number of carbonyl (C=O) groups is 2. The maximum atomic E-state index is 11.8. The molecule has 1 heterocycles. The van der Waals surface area contributed by atoms with Crippen molar-refractivity contribution >= 4 is 12.0 Å². The summed E-state index contributed by atoms with van der Waals surface area (Å²) in [6.45, 7) is 5.45. The minimum atomic E-state index is -0.435. The quantitative estimate of drug-likeness (QED) is 0.749. The SMILES string of the molecule is CCCOC(=O)N(C)CC(=O)N1CCNCC1. The minimum Gasteiger partial charge on any atom is -0.449 e. The summed E-state index contributed by atoms with van der Waals surface area (Å²) in [5, 5.41) is 3.17. The molecule has 98 valence electrons. The van der Waals surface area contributed by atoms with Gasteiger partial charge in [0.2, 0.25) is 5.91 Å². The fourth-order valence-electron chi connectivity index (χ4n) is 1.58. The van der Waals surface area contributed by atoms with Crippen molar-refractivity contribution in [3.63, 3.8) is 0 Å². The lowest BCUT2D eigenvalue weighted by molar-refractivity contribution is -0.132. The van der Waals surface area contributed by atoms with Crippen molar-refractivity contribution < 1.29 is 14.3 Å². The van der Waals surface area contributed by atoms with Gasteiger partial charge in [0, 0.05) is 33.2 Å². The van der Waals surface area contributed by atoms with Crippen LogP contribution in [-0.2, 0) is 9.53 Å². The Morgan fingerprint density at radius 2 is 2.00 bits per heavy atom. The van der Waals surface area contributed by atoms with Crippen LogP contribution in [0.25, 0.3) is 0 Å². The van der Waals surface area contributed by atoms with Gasteiger partial charge in [0.25, 0.3) is 0 Å². The minimum absolute atomic E-state index is 0.0255. The van der Waals surface area contributed by atoms with E-state index in [4.69, 9.17) is 4.74 Å². The molecular weight excluding hydrogens is 222 g/mol. The number of piperazine rings is 1. The van der Waals surface area contributed by atoms with Crippen molar-refractivity contribution in [2.24, 2.45) is 0 Å². The van der Waals surface area contributed by atoms with E-state index >= 15 is 0 Å². The van der Waals surface area contributed by atoms with E-state index in [1.807, 2.05) is 6.92 Å². The molecule has 6 heteroatoms. The number of likely N-dealkylation sites (N-methyl/N-ethyl adjacent to an activating group) is 1. The highest BCUT2D eigenvalue weighted by Crippen LogP contribution is 1.97. The summed E-state index contributed by atoms with van der Waals surface area (Å²) in [4.78, 5) is 26.4. The lowest BCUT2D eigenvalue weighted by Crippen LogP contribution is -2.49. The van der Waals surface area contributed by atoms with Crippen LogP contribution < -0.4 is 5.32 Å². The van der Waals surface area contributed by atoms with Gasteiger partial charge < -0.3 is 19.9 Å². The first-order valence-electron chi connectivity index (χ1n) is 6.01. The Balaban J connectivity index is 2.31. The summed E-state index contributed by atoms with van der Waals surface area (Å²) >= 11 is 0. The number of hydrogen-bond donors (Lipinski definition) is 1. The van der Waals surface area contributed by atoms with Crippen LogP contribution in [0.4, 0.5) is 4.79 Å². The van der Waals surface area contributed by atoms with Gasteiger partial charge in [-0.05, 0) is 6.42 Å². The second-order valence-corrected chi connectivity index (χ2v) is 4.10. The molecule has 0 radical (unpaired) electrons. The Labute approximate surface area is 102 Å². The average Bonchev–Trinajstić information content (AvgIpc) is 2.36. The zero-order valence-corrected chi connectivity index (χ0v) is 10.6. The monoisotopic (exact) mass is 243 g/mol. The molecule has 1 N–H and O–H groups in total. The first-order chi connectivity index (χ1) is 8.15. The number of hydrogen-bond acceptors (Lipinski definition) is 4. The van der Waals surface area contributed by atoms with Crippen molar-refractivity contribution in [2.75, 3.05) is 46.4 Å². The second-order valence-electron chi connectivity index (χ2n) is 4.10. The zero-order valence-electron chi connectivity index (χ0n) is 10.6. The molecule has 0 aromatic heterocycles. The fraction of sp³-hybridized carbons (Fsp3) is 0.818. The third-order valence-corrected chi connectivity index (χ3v) is 2.58. The number of nitrogens with one attached hydrogen (secondary N) is 1. The van der Waals surface area contributed by atoms with Crippen LogP contribution in [0, 0.1) is 0 Å². The molecule has 0 aromatic rings. The molecule has 0 atom stereocenters. The Morgan fingerprint density at radius 1 is 1.35 bits per heavy atom. The van der Waals surface area contributed by atoms with E-state index in [9.17, 15) is 9.59 Å². The normalized spacial score (nSPS) is 15.5. The van der Waals surface area contributed by atoms with Crippen LogP contribution in [0.1, 0.15) is 13.3 Å². The maximum Gasteiger partial charge on any atom is 0.409 e. The zero-order chi connectivity index (χ0) is 12.7. The molecule has 0 spiro atoms. The standard InChI is InChI=1S/C11H21N3O3/c1-3-8-17-11(16)13(2)9-10(15)14-6-4-12-5-7-14/h12H,3-9H2,1-2H3. The summed E-state index contributed by atoms with van der Waals surface area (Å²) < 4.78 is 4.95. The van der Waals surface area contributed by atoms with E-state index in [-0.39, 0.29) is 12.5 Å². The molecule has 6 nitrogen and oxygen atoms in total. The van der Waals surface area contributed by atoms with E-state index in [0.717, 1.165) is 19.5 Å². The van der Waals surface area contributed by atoms with E-state index < -0.39 is 6.09 Å². The highest BCUT2D eigenvalue weighted by molar-refractivity contribution is 5.82. The Hall–Kier alpha value is -1.30. The maximum absolute atomic E-state index is 11.8. The molecule has 1 aliphatic heterocycles. The number of nitrogens with zero attached hydrogens (tertiary/aromatic N) is 2. The number of carbonyl (C=O) groups excluding carboxylic acids is 2. The van der Waals surface area contributed by atoms with E-state index in [1.54, 1.807) is 11.9 Å². The van der Waals surface area contributed by atoms with E-state index in [0.29, 0.717) is 19.7 Å². The topological polar surface area (TPSA) is 61.9 Å². The summed E-state index contributed by atoms with van der Waals surface area (Å²) in [5.41, 5.74) is 0. The molecule has 2 amide bonds. The lowest BCUT2D eigenvalue weighted by atomic mass is 10.3. The molecule has 0 aliphatic carbocycles. The first kappa shape index (κ1) is 13.8. The Bertz CT molecular complexity index is 265. The summed E-state index contributed by atoms with van der Waals surface area (Å²) in [6, 6.07) is 0. The smallest absolute Gasteiger partial charge is 0.409 e. The van der Waals surface area contributed by atoms with E-state index in [1.165, 1.54) is 4.90 Å². The summed E-state index contributed by atoms with van der Waals surface area (Å²) in [7, 11) is 1.58. The number of amides is 2. The van der Waals surface area contributed by atoms with Crippen LogP contribution in [0.5, 0.6) is 0 Å². The summed E-state index contributed by atoms with van der Waals surface area (Å²) in [6.07, 6.45) is 0.348. The van der Waals surface area contributed by atoms with Gasteiger partial charge in [0.05, 0.1) is 6.61 Å². The first-order valence-corrected chi connectivity index (χ1v) is 6.01. The van der Waals surface area contributed by atoms with Crippen LogP contribution in [-0.4, -0.2) is 68.2 Å². The van der Waals surface area contributed by atoms with Crippen LogP contribution in [0.3, 0.4) is 0 Å². The molecule has 1 saturated heterocycles. The molecule has 1 aliphatic rings. The average molecular weight is 243 g/mol. The van der Waals surface area contributed by atoms with E-state index in [2.05, 4.69) is 5.32 Å². The lowest BCUT2D eigenvalue weighted by Gasteiger charge is -2.29.